The molecule has 4 aromatic rings. The van der Waals surface area contributed by atoms with Crippen LogP contribution in [0.2, 0.25) is 0 Å². The van der Waals surface area contributed by atoms with Crippen molar-refractivity contribution in [2.45, 2.75) is 0 Å². The molecular formula is C19H13N3O3S. The molecule has 1 aliphatic heterocycles. The van der Waals surface area contributed by atoms with E-state index in [-0.39, 0.29) is 12.7 Å². The summed E-state index contributed by atoms with van der Waals surface area (Å²) in [5.41, 5.74) is 3.05. The Balaban J connectivity index is 1.38. The number of carbonyl (C=O) groups excluding carboxylic acids is 1. The lowest BCUT2D eigenvalue weighted by molar-refractivity contribution is 0.102. The molecular weight excluding hydrogens is 350 g/mol. The van der Waals surface area contributed by atoms with Crippen molar-refractivity contribution in [3.8, 4) is 22.1 Å². The Hall–Kier alpha value is -3.32. The maximum atomic E-state index is 12.5. The average Bonchev–Trinajstić information content (AvgIpc) is 3.39. The van der Waals surface area contributed by atoms with Crippen molar-refractivity contribution in [2.75, 3.05) is 12.1 Å². The van der Waals surface area contributed by atoms with Crippen LogP contribution in [-0.2, 0) is 0 Å². The number of benzene rings is 2. The zero-order valence-electron chi connectivity index (χ0n) is 13.5. The first-order chi connectivity index (χ1) is 12.8. The number of carbonyl (C=O) groups is 1. The van der Waals surface area contributed by atoms with Crippen LogP contribution in [0.3, 0.4) is 0 Å². The smallest absolute Gasteiger partial charge is 0.275 e. The first kappa shape index (κ1) is 15.0. The molecule has 2 aromatic heterocycles. The molecule has 0 atom stereocenters. The summed E-state index contributed by atoms with van der Waals surface area (Å²) in [6.07, 6.45) is 1.87. The van der Waals surface area contributed by atoms with Gasteiger partial charge in [0.1, 0.15) is 10.7 Å². The van der Waals surface area contributed by atoms with Gasteiger partial charge in [0.2, 0.25) is 6.79 Å². The summed E-state index contributed by atoms with van der Waals surface area (Å²) in [6.45, 7) is 0.232. The number of thiazole rings is 1. The molecule has 2 N–H and O–H groups in total. The summed E-state index contributed by atoms with van der Waals surface area (Å²) in [6, 6.07) is 13.3. The number of aromatic amines is 1. The normalized spacial score (nSPS) is 12.5. The first-order valence-electron chi connectivity index (χ1n) is 8.00. The maximum absolute atomic E-state index is 12.5. The van der Waals surface area contributed by atoms with Gasteiger partial charge in [-0.15, -0.1) is 11.3 Å². The first-order valence-corrected chi connectivity index (χ1v) is 8.88. The fourth-order valence-electron chi connectivity index (χ4n) is 2.87. The highest BCUT2D eigenvalue weighted by atomic mass is 32.1. The Kier molecular flexibility index (Phi) is 3.39. The van der Waals surface area contributed by atoms with E-state index in [1.807, 2.05) is 48.7 Å². The molecule has 26 heavy (non-hydrogen) atoms. The van der Waals surface area contributed by atoms with Crippen molar-refractivity contribution >= 4 is 33.8 Å². The van der Waals surface area contributed by atoms with Crippen LogP contribution in [-0.4, -0.2) is 22.7 Å². The van der Waals surface area contributed by atoms with Crippen molar-refractivity contribution in [3.63, 3.8) is 0 Å². The number of ether oxygens (including phenoxy) is 2. The molecule has 0 saturated heterocycles. The fourth-order valence-corrected chi connectivity index (χ4v) is 3.66. The van der Waals surface area contributed by atoms with Crippen molar-refractivity contribution < 1.29 is 14.3 Å². The minimum absolute atomic E-state index is 0.232. The number of amides is 1. The van der Waals surface area contributed by atoms with Gasteiger partial charge in [-0.3, -0.25) is 4.79 Å². The Morgan fingerprint density at radius 1 is 1.12 bits per heavy atom. The lowest BCUT2D eigenvalue weighted by Gasteiger charge is -2.03. The van der Waals surface area contributed by atoms with Crippen LogP contribution in [0.4, 0.5) is 5.69 Å². The van der Waals surface area contributed by atoms with E-state index in [0.717, 1.165) is 32.9 Å². The lowest BCUT2D eigenvalue weighted by atomic mass is 10.2. The fraction of sp³-hybridized carbons (Fsp3) is 0.0526. The standard InChI is InChI=1S/C19H13N3O3S/c23-18(21-13-2-3-14-11(7-13)5-6-20-14)15-9-26-19(22-15)12-1-4-16-17(8-12)25-10-24-16/h1-9,20H,10H2,(H,21,23). The van der Waals surface area contributed by atoms with E-state index in [2.05, 4.69) is 15.3 Å². The lowest BCUT2D eigenvalue weighted by Crippen LogP contribution is -2.12. The van der Waals surface area contributed by atoms with Crippen LogP contribution >= 0.6 is 11.3 Å². The molecule has 3 heterocycles. The number of anilines is 1. The van der Waals surface area contributed by atoms with Gasteiger partial charge >= 0.3 is 0 Å². The summed E-state index contributed by atoms with van der Waals surface area (Å²) < 4.78 is 10.7. The highest BCUT2D eigenvalue weighted by Crippen LogP contribution is 2.36. The number of H-pyrrole nitrogens is 1. The molecule has 0 saturated carbocycles. The molecule has 5 rings (SSSR count). The van der Waals surface area contributed by atoms with E-state index in [9.17, 15) is 4.79 Å². The summed E-state index contributed by atoms with van der Waals surface area (Å²) in [5, 5.41) is 6.45. The molecule has 2 aromatic carbocycles. The van der Waals surface area contributed by atoms with Gasteiger partial charge in [0.05, 0.1) is 0 Å². The number of fused-ring (bicyclic) bond motifs is 2. The van der Waals surface area contributed by atoms with Crippen LogP contribution in [0, 0.1) is 0 Å². The molecule has 0 aliphatic carbocycles. The van der Waals surface area contributed by atoms with Gasteiger partial charge < -0.3 is 19.8 Å². The molecule has 1 aliphatic rings. The van der Waals surface area contributed by atoms with Crippen molar-refractivity contribution in [1.82, 2.24) is 9.97 Å². The second-order valence-corrected chi connectivity index (χ2v) is 6.70. The molecule has 0 fully saturated rings. The second-order valence-electron chi connectivity index (χ2n) is 5.84. The summed E-state index contributed by atoms with van der Waals surface area (Å²) in [5.74, 6) is 1.19. The third-order valence-corrected chi connectivity index (χ3v) is 5.06. The topological polar surface area (TPSA) is 76.2 Å². The Morgan fingerprint density at radius 2 is 2.04 bits per heavy atom. The zero-order chi connectivity index (χ0) is 17.5. The number of hydrogen-bond acceptors (Lipinski definition) is 5. The molecule has 128 valence electrons. The van der Waals surface area contributed by atoms with E-state index in [0.29, 0.717) is 11.4 Å². The van der Waals surface area contributed by atoms with E-state index >= 15 is 0 Å². The number of nitrogens with zero attached hydrogens (tertiary/aromatic N) is 1. The number of hydrogen-bond donors (Lipinski definition) is 2. The van der Waals surface area contributed by atoms with Gasteiger partial charge in [-0.05, 0) is 42.5 Å². The zero-order valence-corrected chi connectivity index (χ0v) is 14.3. The molecule has 1 amide bonds. The Labute approximate surface area is 152 Å². The molecule has 7 heteroatoms. The Morgan fingerprint density at radius 3 is 3.00 bits per heavy atom. The van der Waals surface area contributed by atoms with Crippen LogP contribution in [0.1, 0.15) is 10.5 Å². The minimum atomic E-state index is -0.233. The quantitative estimate of drug-likeness (QED) is 0.570. The van der Waals surface area contributed by atoms with E-state index < -0.39 is 0 Å². The van der Waals surface area contributed by atoms with Gasteiger partial charge in [0, 0.05) is 33.7 Å². The van der Waals surface area contributed by atoms with Gasteiger partial charge in [-0.1, -0.05) is 0 Å². The number of nitrogens with one attached hydrogen (secondary N) is 2. The predicted molar refractivity (Wildman–Crippen MR) is 99.9 cm³/mol. The second kappa shape index (κ2) is 5.89. The van der Waals surface area contributed by atoms with Gasteiger partial charge in [0.15, 0.2) is 11.5 Å². The highest BCUT2D eigenvalue weighted by Gasteiger charge is 2.17. The monoisotopic (exact) mass is 363 g/mol. The van der Waals surface area contributed by atoms with Gasteiger partial charge in [-0.2, -0.15) is 0 Å². The number of aromatic nitrogens is 2. The maximum Gasteiger partial charge on any atom is 0.275 e. The van der Waals surface area contributed by atoms with Crippen LogP contribution in [0.5, 0.6) is 11.5 Å². The third-order valence-electron chi connectivity index (χ3n) is 4.17. The predicted octanol–water partition coefficient (Wildman–Crippen LogP) is 4.27. The molecule has 6 nitrogen and oxygen atoms in total. The third kappa shape index (κ3) is 2.58. The number of rotatable bonds is 3. The molecule has 0 unspecified atom stereocenters. The highest BCUT2D eigenvalue weighted by molar-refractivity contribution is 7.13. The van der Waals surface area contributed by atoms with Crippen LogP contribution in [0.25, 0.3) is 21.5 Å². The van der Waals surface area contributed by atoms with Crippen LogP contribution in [0.15, 0.2) is 54.0 Å². The molecule has 0 radical (unpaired) electrons. The van der Waals surface area contributed by atoms with Crippen LogP contribution < -0.4 is 14.8 Å². The van der Waals surface area contributed by atoms with Crippen molar-refractivity contribution in [2.24, 2.45) is 0 Å². The van der Waals surface area contributed by atoms with Crippen molar-refractivity contribution in [3.05, 3.63) is 59.7 Å². The largest absolute Gasteiger partial charge is 0.454 e. The summed E-state index contributed by atoms with van der Waals surface area (Å²) in [7, 11) is 0. The minimum Gasteiger partial charge on any atom is -0.454 e. The molecule has 0 bridgehead atoms. The van der Waals surface area contributed by atoms with E-state index in [1.165, 1.54) is 11.3 Å². The molecule has 0 spiro atoms. The SMILES string of the molecule is O=C(Nc1ccc2[nH]ccc2c1)c1csc(-c2ccc3c(c2)OCO3)n1. The van der Waals surface area contributed by atoms with E-state index in [1.54, 1.807) is 5.38 Å². The summed E-state index contributed by atoms with van der Waals surface area (Å²) >= 11 is 1.42. The average molecular weight is 363 g/mol. The summed E-state index contributed by atoms with van der Waals surface area (Å²) in [4.78, 5) is 20.1. The van der Waals surface area contributed by atoms with Gasteiger partial charge in [0.25, 0.3) is 5.91 Å². The van der Waals surface area contributed by atoms with E-state index in [4.69, 9.17) is 9.47 Å². The van der Waals surface area contributed by atoms with Crippen molar-refractivity contribution in [1.29, 1.82) is 0 Å². The Bertz CT molecular complexity index is 1130. The van der Waals surface area contributed by atoms with Gasteiger partial charge in [-0.25, -0.2) is 4.98 Å².